The third-order valence-electron chi connectivity index (χ3n) is 2.03. The first-order chi connectivity index (χ1) is 9.40. The number of hydrogen-bond donors (Lipinski definition) is 0. The quantitative estimate of drug-likeness (QED) is 0.348. The van der Waals surface area contributed by atoms with Gasteiger partial charge in [0.1, 0.15) is 0 Å². The van der Waals surface area contributed by atoms with Crippen molar-refractivity contribution in [2.75, 3.05) is 6.61 Å². The van der Waals surface area contributed by atoms with Crippen LogP contribution in [0.4, 0.5) is 13.2 Å². The molecule has 0 saturated heterocycles. The van der Waals surface area contributed by atoms with Gasteiger partial charge < -0.3 is 4.74 Å². The van der Waals surface area contributed by atoms with Crippen LogP contribution in [0.15, 0.2) is 47.4 Å². The van der Waals surface area contributed by atoms with Crippen molar-refractivity contribution < 1.29 is 22.7 Å². The zero-order chi connectivity index (χ0) is 15.0. The minimum Gasteiger partial charge on any atom is -0.463 e. The van der Waals surface area contributed by atoms with Gasteiger partial charge in [-0.2, -0.15) is 13.2 Å². The van der Waals surface area contributed by atoms with E-state index < -0.39 is 11.5 Å². The van der Waals surface area contributed by atoms with Gasteiger partial charge in [0.25, 0.3) is 0 Å². The van der Waals surface area contributed by atoms with Crippen LogP contribution < -0.4 is 0 Å². The third kappa shape index (κ3) is 7.04. The van der Waals surface area contributed by atoms with Crippen molar-refractivity contribution in [3.63, 3.8) is 0 Å². The Hall–Kier alpha value is -1.69. The molecule has 1 rings (SSSR count). The molecule has 108 valence electrons. The molecule has 0 aromatic heterocycles. The number of ether oxygens (including phenoxy) is 1. The van der Waals surface area contributed by atoms with Crippen molar-refractivity contribution in [2.45, 2.75) is 17.3 Å². The number of allylic oxidation sites excluding steroid dienone is 2. The standard InChI is InChI=1S/C14H13F3O2S/c1-2-19-13(18)6-4-3-5-11-7-9-12(10-8-11)20-14(15,16)17/h3-10H,2H2,1H3/b5-3+,6-4+. The molecule has 0 radical (unpaired) electrons. The summed E-state index contributed by atoms with van der Waals surface area (Å²) in [5, 5.41) is 0. The molecule has 0 fully saturated rings. The van der Waals surface area contributed by atoms with Gasteiger partial charge in [-0.05, 0) is 36.4 Å². The summed E-state index contributed by atoms with van der Waals surface area (Å²) in [5.74, 6) is -0.436. The van der Waals surface area contributed by atoms with Gasteiger partial charge in [-0.15, -0.1) is 0 Å². The summed E-state index contributed by atoms with van der Waals surface area (Å²) >= 11 is -0.152. The number of hydrogen-bond acceptors (Lipinski definition) is 3. The van der Waals surface area contributed by atoms with E-state index in [9.17, 15) is 18.0 Å². The zero-order valence-corrected chi connectivity index (χ0v) is 11.5. The molecule has 6 heteroatoms. The van der Waals surface area contributed by atoms with Crippen LogP contribution in [0.5, 0.6) is 0 Å². The second-order valence-electron chi connectivity index (χ2n) is 3.59. The molecule has 0 atom stereocenters. The van der Waals surface area contributed by atoms with Gasteiger partial charge in [0.05, 0.1) is 6.61 Å². The normalized spacial score (nSPS) is 12.2. The van der Waals surface area contributed by atoms with E-state index in [1.165, 1.54) is 24.3 Å². The highest BCUT2D eigenvalue weighted by Gasteiger charge is 2.28. The second kappa shape index (κ2) is 7.79. The van der Waals surface area contributed by atoms with Crippen molar-refractivity contribution in [3.05, 3.63) is 48.1 Å². The highest BCUT2D eigenvalue weighted by atomic mass is 32.2. The Morgan fingerprint density at radius 1 is 1.25 bits per heavy atom. The monoisotopic (exact) mass is 302 g/mol. The van der Waals surface area contributed by atoms with E-state index in [1.807, 2.05) is 0 Å². The van der Waals surface area contributed by atoms with E-state index in [4.69, 9.17) is 0 Å². The minimum absolute atomic E-state index is 0.136. The summed E-state index contributed by atoms with van der Waals surface area (Å²) in [4.78, 5) is 11.1. The van der Waals surface area contributed by atoms with Crippen LogP contribution in [0.2, 0.25) is 0 Å². The summed E-state index contributed by atoms with van der Waals surface area (Å²) < 4.78 is 41.1. The molecule has 0 aliphatic heterocycles. The van der Waals surface area contributed by atoms with Crippen LogP contribution in [0.1, 0.15) is 12.5 Å². The molecule has 1 aromatic carbocycles. The third-order valence-corrected chi connectivity index (χ3v) is 2.77. The topological polar surface area (TPSA) is 26.3 Å². The molecule has 0 aliphatic carbocycles. The fourth-order valence-electron chi connectivity index (χ4n) is 1.27. The zero-order valence-electron chi connectivity index (χ0n) is 10.7. The minimum atomic E-state index is -4.28. The Morgan fingerprint density at radius 2 is 1.90 bits per heavy atom. The Labute approximate surface area is 119 Å². The van der Waals surface area contributed by atoms with Crippen LogP contribution in [0.25, 0.3) is 6.08 Å². The van der Waals surface area contributed by atoms with Crippen LogP contribution in [0.3, 0.4) is 0 Å². The van der Waals surface area contributed by atoms with Crippen molar-refractivity contribution in [3.8, 4) is 0 Å². The van der Waals surface area contributed by atoms with Crippen LogP contribution in [-0.4, -0.2) is 18.1 Å². The Kier molecular flexibility index (Phi) is 6.38. The number of benzene rings is 1. The molecule has 0 bridgehead atoms. The van der Waals surface area contributed by atoms with E-state index in [2.05, 4.69) is 4.74 Å². The first-order valence-corrected chi connectivity index (χ1v) is 6.59. The average Bonchev–Trinajstić information content (AvgIpc) is 2.35. The Bertz CT molecular complexity index is 490. The van der Waals surface area contributed by atoms with Crippen molar-refractivity contribution in [1.82, 2.24) is 0 Å². The molecular formula is C14H13F3O2S. The summed E-state index contributed by atoms with van der Waals surface area (Å²) in [7, 11) is 0. The summed E-state index contributed by atoms with van der Waals surface area (Å²) in [6.45, 7) is 2.02. The molecule has 0 unspecified atom stereocenters. The van der Waals surface area contributed by atoms with E-state index in [-0.39, 0.29) is 16.7 Å². The van der Waals surface area contributed by atoms with Gasteiger partial charge in [-0.25, -0.2) is 4.79 Å². The fourth-order valence-corrected chi connectivity index (χ4v) is 1.81. The molecule has 0 spiro atoms. The first kappa shape index (κ1) is 16.4. The molecular weight excluding hydrogens is 289 g/mol. The SMILES string of the molecule is CCOC(=O)/C=C/C=C/c1ccc(SC(F)(F)F)cc1. The Morgan fingerprint density at radius 3 is 2.45 bits per heavy atom. The molecule has 0 saturated carbocycles. The molecule has 0 heterocycles. The predicted molar refractivity (Wildman–Crippen MR) is 73.2 cm³/mol. The van der Waals surface area contributed by atoms with E-state index in [0.29, 0.717) is 6.61 Å². The van der Waals surface area contributed by atoms with Crippen LogP contribution in [0, 0.1) is 0 Å². The maximum Gasteiger partial charge on any atom is 0.446 e. The maximum absolute atomic E-state index is 12.1. The molecule has 0 N–H and O–H groups in total. The average molecular weight is 302 g/mol. The highest BCUT2D eigenvalue weighted by molar-refractivity contribution is 8.00. The number of alkyl halides is 3. The lowest BCUT2D eigenvalue weighted by Crippen LogP contribution is -1.98. The number of rotatable bonds is 5. The number of esters is 1. The van der Waals surface area contributed by atoms with Gasteiger partial charge in [0, 0.05) is 11.0 Å². The Balaban J connectivity index is 2.55. The summed E-state index contributed by atoms with van der Waals surface area (Å²) in [6.07, 6.45) is 6.07. The van der Waals surface area contributed by atoms with Gasteiger partial charge >= 0.3 is 11.5 Å². The van der Waals surface area contributed by atoms with E-state index in [1.54, 1.807) is 31.2 Å². The highest BCUT2D eigenvalue weighted by Crippen LogP contribution is 2.36. The summed E-state index contributed by atoms with van der Waals surface area (Å²) in [5.41, 5.74) is -3.54. The lowest BCUT2D eigenvalue weighted by molar-refractivity contribution is -0.137. The predicted octanol–water partition coefficient (Wildman–Crippen LogP) is 4.43. The fraction of sp³-hybridized carbons (Fsp3) is 0.214. The largest absolute Gasteiger partial charge is 0.463 e. The number of thioether (sulfide) groups is 1. The lowest BCUT2D eigenvalue weighted by Gasteiger charge is -2.05. The number of carbonyl (C=O) groups is 1. The van der Waals surface area contributed by atoms with E-state index in [0.717, 1.165) is 5.56 Å². The molecule has 0 amide bonds. The van der Waals surface area contributed by atoms with Gasteiger partial charge in [0.2, 0.25) is 0 Å². The lowest BCUT2D eigenvalue weighted by atomic mass is 10.2. The number of carbonyl (C=O) groups excluding carboxylic acids is 1. The second-order valence-corrected chi connectivity index (χ2v) is 4.73. The smallest absolute Gasteiger partial charge is 0.446 e. The van der Waals surface area contributed by atoms with Crippen molar-refractivity contribution in [1.29, 1.82) is 0 Å². The molecule has 0 aliphatic rings. The molecule has 2 nitrogen and oxygen atoms in total. The summed E-state index contributed by atoms with van der Waals surface area (Å²) in [6, 6.07) is 5.94. The van der Waals surface area contributed by atoms with Crippen molar-refractivity contribution >= 4 is 23.8 Å². The molecule has 1 aromatic rings. The first-order valence-electron chi connectivity index (χ1n) is 5.78. The van der Waals surface area contributed by atoms with Crippen molar-refractivity contribution in [2.24, 2.45) is 0 Å². The maximum atomic E-state index is 12.1. The van der Waals surface area contributed by atoms with Gasteiger partial charge in [-0.1, -0.05) is 30.4 Å². The van der Waals surface area contributed by atoms with Crippen LogP contribution in [-0.2, 0) is 9.53 Å². The van der Waals surface area contributed by atoms with Gasteiger partial charge in [0.15, 0.2) is 0 Å². The van der Waals surface area contributed by atoms with Gasteiger partial charge in [-0.3, -0.25) is 0 Å². The molecule has 20 heavy (non-hydrogen) atoms. The van der Waals surface area contributed by atoms with Crippen LogP contribution >= 0.6 is 11.8 Å². The number of halogens is 3. The van der Waals surface area contributed by atoms with E-state index >= 15 is 0 Å².